The minimum atomic E-state index is -0.424. The third-order valence-electron chi connectivity index (χ3n) is 5.43. The molecular weight excluding hydrogens is 390 g/mol. The van der Waals surface area contributed by atoms with Gasteiger partial charge in [-0.25, -0.2) is 0 Å². The summed E-state index contributed by atoms with van der Waals surface area (Å²) in [5.41, 5.74) is 2.68. The number of carbonyl (C=O) groups excluding carboxylic acids is 1. The van der Waals surface area contributed by atoms with Crippen LogP contribution in [0.4, 0.5) is 0 Å². The fourth-order valence-electron chi connectivity index (χ4n) is 3.78. The maximum atomic E-state index is 13.5. The SMILES string of the molecule is CCC(C(=O)NC(c1ccccc1OC)c1ccccc1OC)c1ccc(OC)cc1. The molecule has 0 aliphatic carbocycles. The summed E-state index contributed by atoms with van der Waals surface area (Å²) in [7, 11) is 4.89. The molecule has 0 bridgehead atoms. The molecule has 0 radical (unpaired) electrons. The maximum Gasteiger partial charge on any atom is 0.228 e. The van der Waals surface area contributed by atoms with E-state index in [4.69, 9.17) is 14.2 Å². The molecule has 0 saturated carbocycles. The Morgan fingerprint density at radius 1 is 0.774 bits per heavy atom. The fraction of sp³-hybridized carbons (Fsp3) is 0.269. The molecule has 0 spiro atoms. The van der Waals surface area contributed by atoms with Gasteiger partial charge in [0.25, 0.3) is 0 Å². The van der Waals surface area contributed by atoms with Crippen molar-refractivity contribution >= 4 is 5.91 Å². The third-order valence-corrected chi connectivity index (χ3v) is 5.43. The summed E-state index contributed by atoms with van der Waals surface area (Å²) in [6.45, 7) is 2.01. The number of amides is 1. The van der Waals surface area contributed by atoms with Gasteiger partial charge in [0.05, 0.1) is 33.3 Å². The average Bonchev–Trinajstić information content (AvgIpc) is 2.83. The van der Waals surface area contributed by atoms with Crippen LogP contribution in [0.25, 0.3) is 0 Å². The molecule has 0 saturated heterocycles. The summed E-state index contributed by atoms with van der Waals surface area (Å²) in [5, 5.41) is 3.25. The molecule has 0 aromatic heterocycles. The minimum absolute atomic E-state index is 0.0607. The highest BCUT2D eigenvalue weighted by Crippen LogP contribution is 2.35. The first-order valence-electron chi connectivity index (χ1n) is 10.3. The molecule has 3 aromatic rings. The van der Waals surface area contributed by atoms with Crippen LogP contribution < -0.4 is 19.5 Å². The first-order valence-corrected chi connectivity index (χ1v) is 10.3. The first-order chi connectivity index (χ1) is 15.1. The topological polar surface area (TPSA) is 56.8 Å². The van der Waals surface area contributed by atoms with Crippen LogP contribution in [-0.2, 0) is 4.79 Å². The van der Waals surface area contributed by atoms with Crippen molar-refractivity contribution in [3.8, 4) is 17.2 Å². The van der Waals surface area contributed by atoms with Crippen molar-refractivity contribution in [3.05, 3.63) is 89.5 Å². The van der Waals surface area contributed by atoms with Crippen LogP contribution in [0.5, 0.6) is 17.2 Å². The van der Waals surface area contributed by atoms with E-state index in [1.165, 1.54) is 0 Å². The Labute approximate surface area is 184 Å². The lowest BCUT2D eigenvalue weighted by Gasteiger charge is -2.26. The predicted octanol–water partition coefficient (Wildman–Crippen LogP) is 5.11. The van der Waals surface area contributed by atoms with Crippen molar-refractivity contribution in [1.29, 1.82) is 0 Å². The summed E-state index contributed by atoms with van der Waals surface area (Å²) in [5.74, 6) is 1.82. The van der Waals surface area contributed by atoms with Crippen molar-refractivity contribution in [2.24, 2.45) is 0 Å². The lowest BCUT2D eigenvalue weighted by molar-refractivity contribution is -0.123. The molecule has 5 heteroatoms. The van der Waals surface area contributed by atoms with Crippen LogP contribution in [0.1, 0.15) is 42.0 Å². The quantitative estimate of drug-likeness (QED) is 0.524. The van der Waals surface area contributed by atoms with E-state index in [0.29, 0.717) is 17.9 Å². The Morgan fingerprint density at radius 2 is 1.29 bits per heavy atom. The fourth-order valence-corrected chi connectivity index (χ4v) is 3.78. The van der Waals surface area contributed by atoms with Crippen molar-refractivity contribution in [1.82, 2.24) is 5.32 Å². The van der Waals surface area contributed by atoms with Crippen LogP contribution in [0, 0.1) is 0 Å². The molecule has 5 nitrogen and oxygen atoms in total. The molecule has 3 rings (SSSR count). The monoisotopic (exact) mass is 419 g/mol. The summed E-state index contributed by atoms with van der Waals surface area (Å²) < 4.78 is 16.4. The summed E-state index contributed by atoms with van der Waals surface area (Å²) in [6.07, 6.45) is 0.669. The first kappa shape index (κ1) is 22.2. The number of methoxy groups -OCH3 is 3. The molecule has 31 heavy (non-hydrogen) atoms. The second kappa shape index (κ2) is 10.5. The van der Waals surface area contributed by atoms with Crippen LogP contribution in [0.3, 0.4) is 0 Å². The Bertz CT molecular complexity index is 953. The number of para-hydroxylation sites is 2. The van der Waals surface area contributed by atoms with Gasteiger partial charge in [-0.15, -0.1) is 0 Å². The number of benzene rings is 3. The van der Waals surface area contributed by atoms with E-state index in [0.717, 1.165) is 22.4 Å². The van der Waals surface area contributed by atoms with Gasteiger partial charge in [-0.2, -0.15) is 0 Å². The normalized spacial score (nSPS) is 11.6. The van der Waals surface area contributed by atoms with E-state index in [-0.39, 0.29) is 11.8 Å². The van der Waals surface area contributed by atoms with Crippen molar-refractivity contribution in [2.75, 3.05) is 21.3 Å². The third kappa shape index (κ3) is 5.00. The van der Waals surface area contributed by atoms with Gasteiger partial charge in [0.15, 0.2) is 0 Å². The average molecular weight is 420 g/mol. The van der Waals surface area contributed by atoms with E-state index in [1.54, 1.807) is 21.3 Å². The lowest BCUT2D eigenvalue weighted by atomic mass is 9.92. The Balaban J connectivity index is 2.00. The zero-order valence-electron chi connectivity index (χ0n) is 18.4. The predicted molar refractivity (Wildman–Crippen MR) is 122 cm³/mol. The van der Waals surface area contributed by atoms with Crippen LogP contribution in [-0.4, -0.2) is 27.2 Å². The molecule has 162 valence electrons. The van der Waals surface area contributed by atoms with Gasteiger partial charge in [0.1, 0.15) is 17.2 Å². The number of hydrogen-bond acceptors (Lipinski definition) is 4. The minimum Gasteiger partial charge on any atom is -0.497 e. The molecule has 1 N–H and O–H groups in total. The molecule has 3 aromatic carbocycles. The molecule has 0 aliphatic rings. The largest absolute Gasteiger partial charge is 0.497 e. The highest BCUT2D eigenvalue weighted by Gasteiger charge is 2.27. The van der Waals surface area contributed by atoms with Crippen LogP contribution in [0.15, 0.2) is 72.8 Å². The molecule has 1 atom stereocenters. The van der Waals surface area contributed by atoms with Gasteiger partial charge in [0.2, 0.25) is 5.91 Å². The van der Waals surface area contributed by atoms with E-state index < -0.39 is 6.04 Å². The molecular formula is C26H29NO4. The Kier molecular flexibility index (Phi) is 7.55. The Hall–Kier alpha value is -3.47. The van der Waals surface area contributed by atoms with Crippen molar-refractivity contribution < 1.29 is 19.0 Å². The van der Waals surface area contributed by atoms with Crippen molar-refractivity contribution in [3.63, 3.8) is 0 Å². The number of nitrogens with one attached hydrogen (secondary N) is 1. The summed E-state index contributed by atoms with van der Waals surface area (Å²) in [4.78, 5) is 13.5. The summed E-state index contributed by atoms with van der Waals surface area (Å²) >= 11 is 0. The Morgan fingerprint density at radius 3 is 1.74 bits per heavy atom. The van der Waals surface area contributed by atoms with E-state index in [9.17, 15) is 4.79 Å². The zero-order chi connectivity index (χ0) is 22.2. The van der Waals surface area contributed by atoms with E-state index >= 15 is 0 Å². The number of ether oxygens (including phenoxy) is 3. The molecule has 1 amide bonds. The highest BCUT2D eigenvalue weighted by molar-refractivity contribution is 5.84. The van der Waals surface area contributed by atoms with E-state index in [2.05, 4.69) is 5.32 Å². The second-order valence-corrected chi connectivity index (χ2v) is 7.16. The van der Waals surface area contributed by atoms with Gasteiger partial charge in [-0.3, -0.25) is 4.79 Å². The van der Waals surface area contributed by atoms with Crippen molar-refractivity contribution in [2.45, 2.75) is 25.3 Å². The standard InChI is InChI=1S/C26H29NO4/c1-5-20(18-14-16-19(29-2)17-15-18)26(28)27-25(21-10-6-8-12-23(21)30-3)22-11-7-9-13-24(22)31-4/h6-17,20,25H,5H2,1-4H3,(H,27,28). The zero-order valence-corrected chi connectivity index (χ0v) is 18.4. The van der Waals surface area contributed by atoms with Gasteiger partial charge in [0, 0.05) is 11.1 Å². The lowest BCUT2D eigenvalue weighted by Crippen LogP contribution is -2.34. The highest BCUT2D eigenvalue weighted by atomic mass is 16.5. The second-order valence-electron chi connectivity index (χ2n) is 7.16. The summed E-state index contributed by atoms with van der Waals surface area (Å²) in [6, 6.07) is 22.6. The maximum absolute atomic E-state index is 13.5. The van der Waals surface area contributed by atoms with Gasteiger partial charge >= 0.3 is 0 Å². The van der Waals surface area contributed by atoms with E-state index in [1.807, 2.05) is 79.7 Å². The molecule has 1 unspecified atom stereocenters. The van der Waals surface area contributed by atoms with Gasteiger partial charge in [-0.05, 0) is 36.2 Å². The van der Waals surface area contributed by atoms with Gasteiger partial charge in [-0.1, -0.05) is 55.5 Å². The molecule has 0 fully saturated rings. The smallest absolute Gasteiger partial charge is 0.228 e. The van der Waals surface area contributed by atoms with Gasteiger partial charge < -0.3 is 19.5 Å². The number of rotatable bonds is 9. The van der Waals surface area contributed by atoms with Crippen LogP contribution in [0.2, 0.25) is 0 Å². The molecule has 0 aliphatic heterocycles. The number of carbonyl (C=O) groups is 1. The van der Waals surface area contributed by atoms with Crippen LogP contribution >= 0.6 is 0 Å². The number of hydrogen-bond donors (Lipinski definition) is 1. The molecule has 0 heterocycles.